The minimum absolute atomic E-state index is 0.120. The number of halogens is 1. The Labute approximate surface area is 168 Å². The van der Waals surface area contributed by atoms with Crippen LogP contribution < -0.4 is 9.47 Å². The summed E-state index contributed by atoms with van der Waals surface area (Å²) in [5.74, 6) is 1.25. The van der Waals surface area contributed by atoms with Crippen molar-refractivity contribution in [1.29, 1.82) is 0 Å². The number of hydrogen-bond acceptors (Lipinski definition) is 6. The zero-order valence-corrected chi connectivity index (χ0v) is 17.4. The van der Waals surface area contributed by atoms with Crippen LogP contribution in [0.4, 0.5) is 0 Å². The molecule has 0 N–H and O–H groups in total. The van der Waals surface area contributed by atoms with Gasteiger partial charge in [-0.3, -0.25) is 0 Å². The van der Waals surface area contributed by atoms with Gasteiger partial charge >= 0.3 is 0 Å². The quantitative estimate of drug-likeness (QED) is 0.363. The third kappa shape index (κ3) is 6.19. The lowest BCUT2D eigenvalue weighted by Crippen LogP contribution is -2.08. The minimum Gasteiger partial charge on any atom is -0.467 e. The summed E-state index contributed by atoms with van der Waals surface area (Å²) < 4.78 is 33.3. The average molecular weight is 441 g/mol. The molecule has 2 aromatic rings. The van der Waals surface area contributed by atoms with E-state index in [0.29, 0.717) is 31.3 Å². The van der Waals surface area contributed by atoms with Gasteiger partial charge in [0.2, 0.25) is 0 Å². The van der Waals surface area contributed by atoms with Crippen LogP contribution in [-0.2, 0) is 25.6 Å². The Hall–Kier alpha value is -1.64. The van der Waals surface area contributed by atoms with E-state index < -0.39 is 0 Å². The van der Waals surface area contributed by atoms with E-state index in [1.165, 1.54) is 0 Å². The van der Waals surface area contributed by atoms with Crippen LogP contribution in [0.25, 0.3) is 11.1 Å². The Bertz CT molecular complexity index is 693. The summed E-state index contributed by atoms with van der Waals surface area (Å²) in [5.41, 5.74) is 2.84. The van der Waals surface area contributed by atoms with Crippen LogP contribution in [0.5, 0.6) is 11.5 Å². The van der Waals surface area contributed by atoms with Crippen LogP contribution >= 0.6 is 15.9 Å². The van der Waals surface area contributed by atoms with E-state index in [2.05, 4.69) is 15.9 Å². The summed E-state index contributed by atoms with van der Waals surface area (Å²) >= 11 is 3.65. The lowest BCUT2D eigenvalue weighted by atomic mass is 9.98. The van der Waals surface area contributed by atoms with Gasteiger partial charge < -0.3 is 28.4 Å². The van der Waals surface area contributed by atoms with Gasteiger partial charge in [0.1, 0.15) is 11.5 Å². The molecule has 0 bridgehead atoms. The summed E-state index contributed by atoms with van der Waals surface area (Å²) in [4.78, 5) is 0. The van der Waals surface area contributed by atoms with Gasteiger partial charge in [-0.2, -0.15) is 0 Å². The summed E-state index contributed by atoms with van der Waals surface area (Å²) in [6.45, 7) is 1.60. The van der Waals surface area contributed by atoms with Crippen molar-refractivity contribution < 1.29 is 28.4 Å². The molecule has 2 aromatic carbocycles. The number of ether oxygens (including phenoxy) is 6. The van der Waals surface area contributed by atoms with Gasteiger partial charge in [-0.05, 0) is 21.5 Å². The van der Waals surface area contributed by atoms with Crippen LogP contribution in [0, 0.1) is 0 Å². The summed E-state index contributed by atoms with van der Waals surface area (Å²) in [6.07, 6.45) is 0. The maximum atomic E-state index is 5.84. The summed E-state index contributed by atoms with van der Waals surface area (Å²) in [6, 6.07) is 11.8. The normalized spacial score (nSPS) is 10.8. The van der Waals surface area contributed by atoms with E-state index >= 15 is 0 Å². The van der Waals surface area contributed by atoms with Crippen LogP contribution in [0.3, 0.4) is 0 Å². The minimum atomic E-state index is 0.120. The molecule has 0 aromatic heterocycles. The second-order valence-electron chi connectivity index (χ2n) is 5.55. The maximum absolute atomic E-state index is 5.84. The highest BCUT2D eigenvalue weighted by atomic mass is 79.9. The largest absolute Gasteiger partial charge is 0.467 e. The molecule has 0 aliphatic heterocycles. The fourth-order valence-electron chi connectivity index (χ4n) is 2.50. The molecule has 0 fully saturated rings. The van der Waals surface area contributed by atoms with E-state index in [1.807, 2.05) is 36.4 Å². The van der Waals surface area contributed by atoms with Crippen molar-refractivity contribution in [3.8, 4) is 22.6 Å². The fourth-order valence-corrected chi connectivity index (χ4v) is 3.04. The summed E-state index contributed by atoms with van der Waals surface area (Å²) in [7, 11) is 4.80. The van der Waals surface area contributed by atoms with Gasteiger partial charge in [0, 0.05) is 38.5 Å². The Balaban J connectivity index is 2.51. The highest BCUT2D eigenvalue weighted by molar-refractivity contribution is 9.10. The van der Waals surface area contributed by atoms with Gasteiger partial charge in [0.15, 0.2) is 13.6 Å². The molecular formula is C20H25BrO6. The molecule has 0 heterocycles. The van der Waals surface area contributed by atoms with E-state index in [0.717, 1.165) is 21.2 Å². The van der Waals surface area contributed by atoms with Crippen LogP contribution in [0.2, 0.25) is 0 Å². The molecule has 2 rings (SSSR count). The van der Waals surface area contributed by atoms with E-state index in [9.17, 15) is 0 Å². The summed E-state index contributed by atoms with van der Waals surface area (Å²) in [5, 5.41) is 0. The molecule has 6 nitrogen and oxygen atoms in total. The number of hydrogen-bond donors (Lipinski definition) is 0. The molecule has 7 heteroatoms. The molecule has 148 valence electrons. The number of benzene rings is 2. The van der Waals surface area contributed by atoms with E-state index in [4.69, 9.17) is 28.4 Å². The first-order chi connectivity index (χ1) is 13.2. The van der Waals surface area contributed by atoms with Gasteiger partial charge in [0.25, 0.3) is 0 Å². The molecule has 0 saturated carbocycles. The second kappa shape index (κ2) is 11.9. The van der Waals surface area contributed by atoms with E-state index in [-0.39, 0.29) is 13.6 Å². The first kappa shape index (κ1) is 21.7. The van der Waals surface area contributed by atoms with Crippen molar-refractivity contribution in [3.05, 3.63) is 46.4 Å². The third-order valence-corrected chi connectivity index (χ3v) is 4.57. The third-order valence-electron chi connectivity index (χ3n) is 3.70. The van der Waals surface area contributed by atoms with Crippen molar-refractivity contribution in [2.75, 3.05) is 48.1 Å². The van der Waals surface area contributed by atoms with Crippen LogP contribution in [-0.4, -0.2) is 48.1 Å². The van der Waals surface area contributed by atoms with Crippen molar-refractivity contribution >= 4 is 15.9 Å². The maximum Gasteiger partial charge on any atom is 0.188 e. The molecule has 0 aliphatic carbocycles. The van der Waals surface area contributed by atoms with Crippen molar-refractivity contribution in [3.63, 3.8) is 0 Å². The molecule has 0 atom stereocenters. The van der Waals surface area contributed by atoms with Crippen molar-refractivity contribution in [2.45, 2.75) is 6.61 Å². The van der Waals surface area contributed by atoms with Crippen molar-refractivity contribution in [2.24, 2.45) is 0 Å². The van der Waals surface area contributed by atoms with Gasteiger partial charge in [-0.15, -0.1) is 0 Å². The first-order valence-electron chi connectivity index (χ1n) is 8.43. The smallest absolute Gasteiger partial charge is 0.188 e. The Kier molecular flexibility index (Phi) is 9.58. The molecular weight excluding hydrogens is 416 g/mol. The molecule has 0 saturated heterocycles. The predicted octanol–water partition coefficient (Wildman–Crippen LogP) is 4.24. The first-order valence-corrected chi connectivity index (χ1v) is 9.23. The molecule has 0 radical (unpaired) electrons. The van der Waals surface area contributed by atoms with Crippen LogP contribution in [0.15, 0.2) is 40.9 Å². The number of rotatable bonds is 12. The molecule has 27 heavy (non-hydrogen) atoms. The average Bonchev–Trinajstić information content (AvgIpc) is 2.70. The molecule has 0 spiro atoms. The number of methoxy groups -OCH3 is 3. The fraction of sp³-hybridized carbons (Fsp3) is 0.400. The lowest BCUT2D eigenvalue weighted by molar-refractivity contribution is 0.0444. The molecule has 0 unspecified atom stereocenters. The molecule has 0 aliphatic rings. The Morgan fingerprint density at radius 1 is 0.815 bits per heavy atom. The highest BCUT2D eigenvalue weighted by Gasteiger charge is 2.20. The Morgan fingerprint density at radius 2 is 1.48 bits per heavy atom. The predicted molar refractivity (Wildman–Crippen MR) is 106 cm³/mol. The SMILES string of the molecule is COCCOCc1c(Br)c(OCOC)cc(OCOC)c1-c1ccccc1. The standard InChI is InChI=1S/C20H25BrO6/c1-22-9-10-25-12-16-19(15-7-5-4-6-8-15)17(26-13-23-2)11-18(20(16)21)27-14-24-3/h4-8,11H,9-10,12-14H2,1-3H3. The highest BCUT2D eigenvalue weighted by Crippen LogP contribution is 2.43. The van der Waals surface area contributed by atoms with E-state index in [1.54, 1.807) is 21.3 Å². The van der Waals surface area contributed by atoms with Gasteiger partial charge in [0.05, 0.1) is 24.3 Å². The monoisotopic (exact) mass is 440 g/mol. The van der Waals surface area contributed by atoms with Crippen molar-refractivity contribution in [1.82, 2.24) is 0 Å². The Morgan fingerprint density at radius 3 is 2.11 bits per heavy atom. The van der Waals surface area contributed by atoms with Gasteiger partial charge in [-0.1, -0.05) is 30.3 Å². The topological polar surface area (TPSA) is 55.4 Å². The second-order valence-corrected chi connectivity index (χ2v) is 6.35. The molecule has 0 amide bonds. The zero-order valence-electron chi connectivity index (χ0n) is 15.8. The van der Waals surface area contributed by atoms with Crippen LogP contribution in [0.1, 0.15) is 5.56 Å². The lowest BCUT2D eigenvalue weighted by Gasteiger charge is -2.20. The zero-order chi connectivity index (χ0) is 19.5. The van der Waals surface area contributed by atoms with Gasteiger partial charge in [-0.25, -0.2) is 0 Å².